The number of para-hydroxylation sites is 2. The first kappa shape index (κ1) is 15.3. The minimum atomic E-state index is -3.91. The number of hydrogen-bond acceptors (Lipinski definition) is 5. The summed E-state index contributed by atoms with van der Waals surface area (Å²) in [5.41, 5.74) is -0.729. The second-order valence-corrected chi connectivity index (χ2v) is 6.69. The lowest BCUT2D eigenvalue weighted by atomic mass is 10.2. The number of aromatic hydroxyl groups is 1. The molecule has 106 valence electrons. The summed E-state index contributed by atoms with van der Waals surface area (Å²) in [6.07, 6.45) is 0. The van der Waals surface area contributed by atoms with E-state index in [0.29, 0.717) is 0 Å². The molecular formula is C12H17NO5S. The Balaban J connectivity index is 2.73. The van der Waals surface area contributed by atoms with E-state index >= 15 is 0 Å². The third kappa shape index (κ3) is 5.60. The van der Waals surface area contributed by atoms with Gasteiger partial charge in [-0.1, -0.05) is 12.1 Å². The molecule has 2 N–H and O–H groups in total. The zero-order valence-corrected chi connectivity index (χ0v) is 11.8. The summed E-state index contributed by atoms with van der Waals surface area (Å²) in [5.74, 6) is -1.87. The van der Waals surface area contributed by atoms with Gasteiger partial charge in [-0.25, -0.2) is 8.42 Å². The van der Waals surface area contributed by atoms with E-state index in [9.17, 15) is 18.3 Å². The van der Waals surface area contributed by atoms with E-state index in [1.807, 2.05) is 0 Å². The molecule has 7 heteroatoms. The van der Waals surface area contributed by atoms with Gasteiger partial charge in [0.15, 0.2) is 5.75 Å². The molecule has 1 aromatic rings. The molecule has 0 amide bonds. The standard InChI is InChI=1S/C12H17NO5S/c1-12(2,3)18-11(15)8-19(16,17)13-9-6-4-5-7-10(9)14/h4-7,13-14H,8H2,1-3H3. The summed E-state index contributed by atoms with van der Waals surface area (Å²) in [4.78, 5) is 11.4. The van der Waals surface area contributed by atoms with E-state index in [2.05, 4.69) is 4.72 Å². The van der Waals surface area contributed by atoms with Crippen LogP contribution in [0.25, 0.3) is 0 Å². The molecule has 0 saturated carbocycles. The molecule has 0 aromatic heterocycles. The molecule has 0 spiro atoms. The molecule has 0 unspecified atom stereocenters. The average Bonchev–Trinajstić information content (AvgIpc) is 2.17. The number of hydrogen-bond donors (Lipinski definition) is 2. The van der Waals surface area contributed by atoms with Gasteiger partial charge < -0.3 is 9.84 Å². The predicted octanol–water partition coefficient (Wildman–Crippen LogP) is 1.48. The van der Waals surface area contributed by atoms with Crippen LogP contribution in [0, 0.1) is 0 Å². The summed E-state index contributed by atoms with van der Waals surface area (Å²) in [7, 11) is -3.91. The fourth-order valence-electron chi connectivity index (χ4n) is 1.29. The van der Waals surface area contributed by atoms with Crippen molar-refractivity contribution in [3.05, 3.63) is 24.3 Å². The van der Waals surface area contributed by atoms with Crippen LogP contribution in [-0.2, 0) is 19.6 Å². The highest BCUT2D eigenvalue weighted by Gasteiger charge is 2.23. The number of sulfonamides is 1. The normalized spacial score (nSPS) is 11.9. The van der Waals surface area contributed by atoms with Gasteiger partial charge in [-0.05, 0) is 32.9 Å². The van der Waals surface area contributed by atoms with Crippen molar-refractivity contribution in [2.45, 2.75) is 26.4 Å². The molecule has 1 rings (SSSR count). The Morgan fingerprint density at radius 1 is 1.32 bits per heavy atom. The average molecular weight is 287 g/mol. The maximum atomic E-state index is 11.7. The summed E-state index contributed by atoms with van der Waals surface area (Å²) in [6.45, 7) is 4.94. The predicted molar refractivity (Wildman–Crippen MR) is 71.4 cm³/mol. The highest BCUT2D eigenvalue weighted by molar-refractivity contribution is 7.93. The Hall–Kier alpha value is -1.76. The van der Waals surface area contributed by atoms with Crippen molar-refractivity contribution in [2.24, 2.45) is 0 Å². The smallest absolute Gasteiger partial charge is 0.323 e. The fraction of sp³-hybridized carbons (Fsp3) is 0.417. The van der Waals surface area contributed by atoms with Crippen molar-refractivity contribution >= 4 is 21.7 Å². The monoisotopic (exact) mass is 287 g/mol. The fourth-order valence-corrected chi connectivity index (χ4v) is 2.24. The number of nitrogens with one attached hydrogen (secondary N) is 1. The van der Waals surface area contributed by atoms with Crippen molar-refractivity contribution < 1.29 is 23.1 Å². The molecule has 0 atom stereocenters. The molecule has 0 aliphatic carbocycles. The highest BCUT2D eigenvalue weighted by atomic mass is 32.2. The molecule has 1 aromatic carbocycles. The molecule has 0 bridgehead atoms. The van der Waals surface area contributed by atoms with Crippen LogP contribution in [0.15, 0.2) is 24.3 Å². The number of carbonyl (C=O) groups excluding carboxylic acids is 1. The molecule has 6 nitrogen and oxygen atoms in total. The Morgan fingerprint density at radius 3 is 2.42 bits per heavy atom. The van der Waals surface area contributed by atoms with Crippen LogP contribution in [0.5, 0.6) is 5.75 Å². The second-order valence-electron chi connectivity index (χ2n) is 4.96. The summed E-state index contributed by atoms with van der Waals surface area (Å²) in [6, 6.07) is 5.85. The Bertz CT molecular complexity index is 560. The maximum absolute atomic E-state index is 11.7. The lowest BCUT2D eigenvalue weighted by Crippen LogP contribution is -2.30. The van der Waals surface area contributed by atoms with Gasteiger partial charge in [-0.2, -0.15) is 0 Å². The van der Waals surface area contributed by atoms with Crippen LogP contribution in [0.1, 0.15) is 20.8 Å². The van der Waals surface area contributed by atoms with Crippen LogP contribution in [0.4, 0.5) is 5.69 Å². The Kier molecular flexibility index (Phi) is 4.41. The van der Waals surface area contributed by atoms with Gasteiger partial charge in [0.25, 0.3) is 0 Å². The number of ether oxygens (including phenoxy) is 1. The van der Waals surface area contributed by atoms with Crippen molar-refractivity contribution in [3.8, 4) is 5.75 Å². The van der Waals surface area contributed by atoms with Crippen LogP contribution in [0.3, 0.4) is 0 Å². The highest BCUT2D eigenvalue weighted by Crippen LogP contribution is 2.22. The first-order valence-corrected chi connectivity index (χ1v) is 7.25. The van der Waals surface area contributed by atoms with E-state index in [1.54, 1.807) is 32.9 Å². The van der Waals surface area contributed by atoms with Crippen molar-refractivity contribution in [2.75, 3.05) is 10.5 Å². The molecule has 0 aliphatic rings. The maximum Gasteiger partial charge on any atom is 0.323 e. The summed E-state index contributed by atoms with van der Waals surface area (Å²) in [5, 5.41) is 9.45. The van der Waals surface area contributed by atoms with Crippen molar-refractivity contribution in [1.82, 2.24) is 0 Å². The summed E-state index contributed by atoms with van der Waals surface area (Å²) >= 11 is 0. The van der Waals surface area contributed by atoms with Crippen molar-refractivity contribution in [3.63, 3.8) is 0 Å². The molecule has 0 radical (unpaired) electrons. The van der Waals surface area contributed by atoms with E-state index in [1.165, 1.54) is 12.1 Å². The van der Waals surface area contributed by atoms with Gasteiger partial charge in [-0.3, -0.25) is 9.52 Å². The summed E-state index contributed by atoms with van der Waals surface area (Å²) < 4.78 is 30.5. The largest absolute Gasteiger partial charge is 0.506 e. The third-order valence-electron chi connectivity index (χ3n) is 1.90. The van der Waals surface area contributed by atoms with Crippen molar-refractivity contribution in [1.29, 1.82) is 0 Å². The molecule has 0 aliphatic heterocycles. The van der Waals surface area contributed by atoms with Gasteiger partial charge in [0, 0.05) is 0 Å². The minimum absolute atomic E-state index is 0.0195. The van der Waals surface area contributed by atoms with Gasteiger partial charge in [0.05, 0.1) is 5.69 Å². The van der Waals surface area contributed by atoms with E-state index < -0.39 is 27.3 Å². The van der Waals surface area contributed by atoms with Gasteiger partial charge in [0.1, 0.15) is 11.4 Å². The lowest BCUT2D eigenvalue weighted by Gasteiger charge is -2.19. The number of carbonyl (C=O) groups is 1. The molecular weight excluding hydrogens is 270 g/mol. The molecule has 0 saturated heterocycles. The number of phenolic OH excluding ortho intramolecular Hbond substituents is 1. The topological polar surface area (TPSA) is 92.7 Å². The number of phenols is 1. The Morgan fingerprint density at radius 2 is 1.89 bits per heavy atom. The number of benzene rings is 1. The molecule has 0 heterocycles. The van der Waals surface area contributed by atoms with Crippen LogP contribution in [-0.4, -0.2) is 30.8 Å². The number of rotatable bonds is 4. The minimum Gasteiger partial charge on any atom is -0.506 e. The van der Waals surface area contributed by atoms with Gasteiger partial charge in [0.2, 0.25) is 10.0 Å². The quantitative estimate of drug-likeness (QED) is 0.646. The Labute approximate surface area is 112 Å². The molecule has 19 heavy (non-hydrogen) atoms. The van der Waals surface area contributed by atoms with E-state index in [0.717, 1.165) is 0 Å². The zero-order valence-electron chi connectivity index (χ0n) is 11.0. The van der Waals surface area contributed by atoms with Gasteiger partial charge in [-0.15, -0.1) is 0 Å². The molecule has 0 fully saturated rings. The lowest BCUT2D eigenvalue weighted by molar-refractivity contribution is -0.151. The van der Waals surface area contributed by atoms with E-state index in [4.69, 9.17) is 4.74 Å². The van der Waals surface area contributed by atoms with Gasteiger partial charge >= 0.3 is 5.97 Å². The number of esters is 1. The zero-order chi connectivity index (χ0) is 14.7. The van der Waals surface area contributed by atoms with Crippen LogP contribution >= 0.6 is 0 Å². The van der Waals surface area contributed by atoms with Crippen LogP contribution in [0.2, 0.25) is 0 Å². The number of anilines is 1. The first-order valence-electron chi connectivity index (χ1n) is 5.59. The second kappa shape index (κ2) is 5.48. The van der Waals surface area contributed by atoms with E-state index in [-0.39, 0.29) is 11.4 Å². The van der Waals surface area contributed by atoms with Crippen LogP contribution < -0.4 is 4.72 Å². The SMILES string of the molecule is CC(C)(C)OC(=O)CS(=O)(=O)Nc1ccccc1O. The third-order valence-corrected chi connectivity index (χ3v) is 3.04. The first-order chi connectivity index (χ1) is 8.59.